The Morgan fingerprint density at radius 1 is 1.24 bits per heavy atom. The molecule has 0 saturated heterocycles. The van der Waals surface area contributed by atoms with Crippen LogP contribution >= 0.6 is 0 Å². The molecule has 0 spiro atoms. The van der Waals surface area contributed by atoms with Crippen molar-refractivity contribution in [2.24, 2.45) is 0 Å². The van der Waals surface area contributed by atoms with Gasteiger partial charge in [0.15, 0.2) is 0 Å². The quantitative estimate of drug-likeness (QED) is 0.929. The van der Waals surface area contributed by atoms with Crippen molar-refractivity contribution in [2.75, 3.05) is 18.6 Å². The monoisotopic (exact) mass is 286 g/mol. The molecule has 0 fully saturated rings. The lowest BCUT2D eigenvalue weighted by Gasteiger charge is -2.18. The number of hydrogen-bond donors (Lipinski definition) is 1. The third-order valence-electron chi connectivity index (χ3n) is 3.34. The van der Waals surface area contributed by atoms with Crippen LogP contribution in [0.25, 0.3) is 0 Å². The van der Waals surface area contributed by atoms with E-state index in [1.807, 2.05) is 24.3 Å². The molecule has 0 saturated carbocycles. The summed E-state index contributed by atoms with van der Waals surface area (Å²) in [5.74, 6) is 0.513. The van der Waals surface area contributed by atoms with Gasteiger partial charge in [0.1, 0.15) is 11.3 Å². The molecular formula is C15H14N2O4. The summed E-state index contributed by atoms with van der Waals surface area (Å²) in [5, 5.41) is 2.56. The van der Waals surface area contributed by atoms with Gasteiger partial charge >= 0.3 is 0 Å². The van der Waals surface area contributed by atoms with Gasteiger partial charge in [-0.05, 0) is 23.8 Å². The number of fused-ring (bicyclic) bond motifs is 1. The smallest absolute Gasteiger partial charge is 0.257 e. The second kappa shape index (κ2) is 5.32. The molecule has 0 atom stereocenters. The van der Waals surface area contributed by atoms with Crippen molar-refractivity contribution >= 4 is 17.7 Å². The molecule has 1 aromatic heterocycles. The Hall–Kier alpha value is -2.76. The SMILES string of the molecule is COc1ccc(CN2C(=O)CNC(=O)c3ccoc32)cc1. The maximum atomic E-state index is 12.2. The normalized spacial score (nSPS) is 14.4. The lowest BCUT2D eigenvalue weighted by Crippen LogP contribution is -2.36. The van der Waals surface area contributed by atoms with Gasteiger partial charge in [-0.3, -0.25) is 14.5 Å². The van der Waals surface area contributed by atoms with Gasteiger partial charge in [-0.25, -0.2) is 0 Å². The third-order valence-corrected chi connectivity index (χ3v) is 3.34. The fraction of sp³-hybridized carbons (Fsp3) is 0.200. The summed E-state index contributed by atoms with van der Waals surface area (Å²) < 4.78 is 10.4. The highest BCUT2D eigenvalue weighted by Crippen LogP contribution is 2.26. The van der Waals surface area contributed by atoms with Gasteiger partial charge in [0.05, 0.1) is 26.5 Å². The zero-order valence-corrected chi connectivity index (χ0v) is 11.5. The van der Waals surface area contributed by atoms with E-state index in [9.17, 15) is 9.59 Å². The van der Waals surface area contributed by atoms with Crippen molar-refractivity contribution in [3.8, 4) is 5.75 Å². The van der Waals surface area contributed by atoms with Crippen molar-refractivity contribution in [2.45, 2.75) is 6.54 Å². The summed E-state index contributed by atoms with van der Waals surface area (Å²) >= 11 is 0. The van der Waals surface area contributed by atoms with Crippen molar-refractivity contribution in [3.05, 3.63) is 47.7 Å². The zero-order valence-electron chi connectivity index (χ0n) is 11.5. The Morgan fingerprint density at radius 3 is 2.71 bits per heavy atom. The molecule has 0 radical (unpaired) electrons. The number of benzene rings is 1. The Morgan fingerprint density at radius 2 is 2.00 bits per heavy atom. The molecule has 3 rings (SSSR count). The summed E-state index contributed by atoms with van der Waals surface area (Å²) in [6.07, 6.45) is 1.41. The number of amides is 2. The number of rotatable bonds is 3. The molecule has 108 valence electrons. The Labute approximate surface area is 121 Å². The highest BCUT2D eigenvalue weighted by atomic mass is 16.5. The topological polar surface area (TPSA) is 71.8 Å². The molecule has 6 heteroatoms. The van der Waals surface area contributed by atoms with Crippen LogP contribution in [0.1, 0.15) is 15.9 Å². The van der Waals surface area contributed by atoms with Crippen LogP contribution in [0.15, 0.2) is 41.0 Å². The highest BCUT2D eigenvalue weighted by molar-refractivity contribution is 6.08. The Balaban J connectivity index is 1.90. The maximum absolute atomic E-state index is 12.2. The summed E-state index contributed by atoms with van der Waals surface area (Å²) in [7, 11) is 1.60. The fourth-order valence-electron chi connectivity index (χ4n) is 2.22. The van der Waals surface area contributed by atoms with Crippen LogP contribution in [0, 0.1) is 0 Å². The molecule has 21 heavy (non-hydrogen) atoms. The largest absolute Gasteiger partial charge is 0.497 e. The second-order valence-electron chi connectivity index (χ2n) is 4.65. The van der Waals surface area contributed by atoms with Crippen LogP contribution in [-0.2, 0) is 11.3 Å². The zero-order chi connectivity index (χ0) is 14.8. The van der Waals surface area contributed by atoms with Gasteiger partial charge in [-0.15, -0.1) is 0 Å². The minimum Gasteiger partial charge on any atom is -0.497 e. The average Bonchev–Trinajstić information content (AvgIpc) is 2.96. The first kappa shape index (κ1) is 13.2. The van der Waals surface area contributed by atoms with E-state index >= 15 is 0 Å². The van der Waals surface area contributed by atoms with Crippen molar-refractivity contribution in [1.82, 2.24) is 5.32 Å². The molecule has 0 unspecified atom stereocenters. The molecule has 0 aliphatic carbocycles. The third kappa shape index (κ3) is 2.47. The Bertz CT molecular complexity index is 675. The highest BCUT2D eigenvalue weighted by Gasteiger charge is 2.29. The van der Waals surface area contributed by atoms with Crippen molar-refractivity contribution in [1.29, 1.82) is 0 Å². The first-order chi connectivity index (χ1) is 10.2. The Kier molecular flexibility index (Phi) is 3.35. The molecule has 1 aliphatic rings. The second-order valence-corrected chi connectivity index (χ2v) is 4.65. The molecule has 1 aromatic carbocycles. The minimum absolute atomic E-state index is 0.0425. The van der Waals surface area contributed by atoms with Crippen LogP contribution in [0.3, 0.4) is 0 Å². The average molecular weight is 286 g/mol. The predicted octanol–water partition coefficient (Wildman–Crippen LogP) is 1.56. The fourth-order valence-corrected chi connectivity index (χ4v) is 2.22. The van der Waals surface area contributed by atoms with E-state index < -0.39 is 0 Å². The van der Waals surface area contributed by atoms with Gasteiger partial charge in [0.25, 0.3) is 5.91 Å². The molecule has 1 aliphatic heterocycles. The predicted molar refractivity (Wildman–Crippen MR) is 75.2 cm³/mol. The summed E-state index contributed by atoms with van der Waals surface area (Å²) in [5.41, 5.74) is 1.29. The van der Waals surface area contributed by atoms with E-state index in [1.54, 1.807) is 13.2 Å². The van der Waals surface area contributed by atoms with Crippen LogP contribution in [0.2, 0.25) is 0 Å². The lowest BCUT2D eigenvalue weighted by molar-refractivity contribution is -0.117. The van der Waals surface area contributed by atoms with Gasteiger partial charge in [0, 0.05) is 0 Å². The van der Waals surface area contributed by atoms with E-state index in [4.69, 9.17) is 9.15 Å². The van der Waals surface area contributed by atoms with E-state index in [-0.39, 0.29) is 24.2 Å². The molecule has 2 heterocycles. The number of anilines is 1. The number of nitrogens with zero attached hydrogens (tertiary/aromatic N) is 1. The molecular weight excluding hydrogens is 272 g/mol. The van der Waals surface area contributed by atoms with Crippen molar-refractivity contribution < 1.29 is 18.7 Å². The maximum Gasteiger partial charge on any atom is 0.257 e. The summed E-state index contributed by atoms with van der Waals surface area (Å²) in [4.78, 5) is 25.5. The molecule has 6 nitrogen and oxygen atoms in total. The standard InChI is InChI=1S/C15H14N2O4/c1-20-11-4-2-10(3-5-11)9-17-13(18)8-16-14(19)12-6-7-21-15(12)17/h2-7H,8-9H2,1H3,(H,16,19). The van der Waals surface area contributed by atoms with Gasteiger partial charge in [0.2, 0.25) is 11.8 Å². The van der Waals surface area contributed by atoms with Gasteiger partial charge in [-0.2, -0.15) is 0 Å². The van der Waals surface area contributed by atoms with Crippen LogP contribution < -0.4 is 15.0 Å². The number of carbonyl (C=O) groups is 2. The van der Waals surface area contributed by atoms with E-state index in [2.05, 4.69) is 5.32 Å². The van der Waals surface area contributed by atoms with Gasteiger partial charge < -0.3 is 14.5 Å². The summed E-state index contributed by atoms with van der Waals surface area (Å²) in [6, 6.07) is 8.95. The lowest BCUT2D eigenvalue weighted by atomic mass is 10.2. The molecule has 0 bridgehead atoms. The van der Waals surface area contributed by atoms with Crippen LogP contribution in [-0.4, -0.2) is 25.5 Å². The van der Waals surface area contributed by atoms with E-state index in [1.165, 1.54) is 11.2 Å². The number of hydrogen-bond acceptors (Lipinski definition) is 4. The summed E-state index contributed by atoms with van der Waals surface area (Å²) in [6.45, 7) is 0.289. The first-order valence-corrected chi connectivity index (χ1v) is 6.48. The number of methoxy groups -OCH3 is 1. The van der Waals surface area contributed by atoms with E-state index in [0.29, 0.717) is 12.1 Å². The van der Waals surface area contributed by atoms with Gasteiger partial charge in [-0.1, -0.05) is 12.1 Å². The molecule has 1 N–H and O–H groups in total. The number of nitrogens with one attached hydrogen (secondary N) is 1. The molecule has 2 amide bonds. The van der Waals surface area contributed by atoms with Crippen LogP contribution in [0.4, 0.5) is 5.88 Å². The van der Waals surface area contributed by atoms with Crippen LogP contribution in [0.5, 0.6) is 5.75 Å². The number of furan rings is 1. The number of carbonyl (C=O) groups excluding carboxylic acids is 2. The van der Waals surface area contributed by atoms with Crippen molar-refractivity contribution in [3.63, 3.8) is 0 Å². The number of ether oxygens (including phenoxy) is 1. The minimum atomic E-state index is -0.302. The van der Waals surface area contributed by atoms with E-state index in [0.717, 1.165) is 11.3 Å². The first-order valence-electron chi connectivity index (χ1n) is 6.48. The molecule has 2 aromatic rings.